The predicted octanol–water partition coefficient (Wildman–Crippen LogP) is 7.88. The van der Waals surface area contributed by atoms with E-state index >= 15 is 0 Å². The van der Waals surface area contributed by atoms with Gasteiger partial charge >= 0.3 is 0 Å². The van der Waals surface area contributed by atoms with Gasteiger partial charge in [0.1, 0.15) is 0 Å². The highest BCUT2D eigenvalue weighted by atomic mass is 19.2. The van der Waals surface area contributed by atoms with Gasteiger partial charge in [-0.2, -0.15) is 0 Å². The highest BCUT2D eigenvalue weighted by Gasteiger charge is 2.24. The van der Waals surface area contributed by atoms with Crippen LogP contribution in [0.3, 0.4) is 0 Å². The van der Waals surface area contributed by atoms with Gasteiger partial charge in [-0.3, -0.25) is 0 Å². The number of hydrogen-bond acceptors (Lipinski definition) is 0. The van der Waals surface area contributed by atoms with E-state index in [1.54, 1.807) is 6.07 Å². The molecule has 0 spiro atoms. The molecule has 0 aliphatic heterocycles. The van der Waals surface area contributed by atoms with Crippen LogP contribution in [-0.2, 0) is 0 Å². The smallest absolute Gasteiger partial charge is 0.169 e. The van der Waals surface area contributed by atoms with Gasteiger partial charge in [-0.15, -0.1) is 0 Å². The third-order valence-corrected chi connectivity index (χ3v) is 5.37. The van der Waals surface area contributed by atoms with Crippen molar-refractivity contribution in [3.05, 3.63) is 108 Å². The summed E-state index contributed by atoms with van der Waals surface area (Å²) in [5, 5.41) is 3.40. The molecule has 0 bridgehead atoms. The van der Waals surface area contributed by atoms with Crippen LogP contribution in [0.1, 0.15) is 0 Å². The van der Waals surface area contributed by atoms with E-state index in [-0.39, 0.29) is 11.6 Å². The molecule has 5 rings (SSSR count). The molecule has 0 radical (unpaired) electrons. The van der Waals surface area contributed by atoms with Gasteiger partial charge in [-0.1, -0.05) is 78.9 Å². The zero-order valence-electron chi connectivity index (χ0n) is 15.6. The summed E-state index contributed by atoms with van der Waals surface area (Å²) in [4.78, 5) is 0. The van der Waals surface area contributed by atoms with Gasteiger partial charge in [0.25, 0.3) is 0 Å². The van der Waals surface area contributed by atoms with E-state index in [9.17, 15) is 17.6 Å². The van der Waals surface area contributed by atoms with Crippen molar-refractivity contribution in [3.63, 3.8) is 0 Å². The number of halogens is 4. The molecule has 5 aromatic carbocycles. The lowest BCUT2D eigenvalue weighted by molar-refractivity contribution is 0.458. The van der Waals surface area contributed by atoms with E-state index in [1.165, 1.54) is 6.07 Å². The van der Waals surface area contributed by atoms with Crippen molar-refractivity contribution in [2.24, 2.45) is 0 Å². The maximum atomic E-state index is 14.8. The Morgan fingerprint density at radius 2 is 1.00 bits per heavy atom. The molecular formula is C26H14F4. The van der Waals surface area contributed by atoms with E-state index in [1.807, 2.05) is 66.7 Å². The van der Waals surface area contributed by atoms with Crippen LogP contribution in [0.5, 0.6) is 0 Å². The number of rotatable bonds is 2. The molecule has 5 aromatic rings. The van der Waals surface area contributed by atoms with Crippen molar-refractivity contribution in [2.75, 3.05) is 0 Å². The van der Waals surface area contributed by atoms with Crippen LogP contribution in [0.25, 0.3) is 43.8 Å². The molecule has 0 aliphatic rings. The number of benzene rings is 5. The Balaban J connectivity index is 1.98. The first-order valence-electron chi connectivity index (χ1n) is 9.39. The molecular weight excluding hydrogens is 388 g/mol. The molecule has 0 atom stereocenters. The van der Waals surface area contributed by atoms with Crippen LogP contribution >= 0.6 is 0 Å². The minimum atomic E-state index is -1.43. The van der Waals surface area contributed by atoms with Crippen molar-refractivity contribution in [3.8, 4) is 22.3 Å². The summed E-state index contributed by atoms with van der Waals surface area (Å²) in [7, 11) is 0. The summed E-state index contributed by atoms with van der Waals surface area (Å²) in [5.74, 6) is -5.68. The van der Waals surface area contributed by atoms with Gasteiger partial charge in [0.05, 0.1) is 5.56 Å². The first-order valence-corrected chi connectivity index (χ1v) is 9.39. The predicted molar refractivity (Wildman–Crippen MR) is 112 cm³/mol. The van der Waals surface area contributed by atoms with Gasteiger partial charge in [0.15, 0.2) is 23.3 Å². The fourth-order valence-corrected chi connectivity index (χ4v) is 4.02. The second-order valence-electron chi connectivity index (χ2n) is 7.08. The fraction of sp³-hybridized carbons (Fsp3) is 0. The average Bonchev–Trinajstić information content (AvgIpc) is 2.77. The van der Waals surface area contributed by atoms with Crippen molar-refractivity contribution in [1.29, 1.82) is 0 Å². The Bertz CT molecular complexity index is 1410. The molecule has 146 valence electrons. The summed E-state index contributed by atoms with van der Waals surface area (Å²) >= 11 is 0. The maximum absolute atomic E-state index is 14.8. The van der Waals surface area contributed by atoms with Crippen LogP contribution < -0.4 is 0 Å². The number of hydrogen-bond donors (Lipinski definition) is 0. The van der Waals surface area contributed by atoms with Crippen molar-refractivity contribution < 1.29 is 17.6 Å². The first-order chi connectivity index (χ1) is 14.6. The van der Waals surface area contributed by atoms with E-state index in [0.29, 0.717) is 5.56 Å². The molecule has 30 heavy (non-hydrogen) atoms. The normalized spacial score (nSPS) is 11.3. The third-order valence-electron chi connectivity index (χ3n) is 5.37. The van der Waals surface area contributed by atoms with Crippen LogP contribution in [-0.4, -0.2) is 0 Å². The Hall–Kier alpha value is -3.66. The quantitative estimate of drug-likeness (QED) is 0.208. The zero-order valence-corrected chi connectivity index (χ0v) is 15.6. The first kappa shape index (κ1) is 18.4. The van der Waals surface area contributed by atoms with Crippen molar-refractivity contribution in [2.45, 2.75) is 0 Å². The van der Waals surface area contributed by atoms with E-state index in [0.717, 1.165) is 27.1 Å². The minimum Gasteiger partial charge on any atom is -0.204 e. The topological polar surface area (TPSA) is 0 Å². The molecule has 0 unspecified atom stereocenters. The van der Waals surface area contributed by atoms with E-state index in [4.69, 9.17) is 0 Å². The molecule has 0 aliphatic carbocycles. The van der Waals surface area contributed by atoms with Crippen molar-refractivity contribution >= 4 is 21.5 Å². The Labute approximate surface area is 170 Å². The molecule has 0 heterocycles. The minimum absolute atomic E-state index is 0.0958. The molecule has 0 fully saturated rings. The van der Waals surface area contributed by atoms with E-state index in [2.05, 4.69) is 0 Å². The average molecular weight is 402 g/mol. The van der Waals surface area contributed by atoms with Gasteiger partial charge in [-0.25, -0.2) is 17.6 Å². The van der Waals surface area contributed by atoms with Crippen molar-refractivity contribution in [1.82, 2.24) is 0 Å². The summed E-state index contributed by atoms with van der Waals surface area (Å²) in [6.07, 6.45) is 0. The summed E-state index contributed by atoms with van der Waals surface area (Å²) in [5.41, 5.74) is 0.635. The third kappa shape index (κ3) is 2.76. The molecule has 0 aromatic heterocycles. The number of fused-ring (bicyclic) bond motifs is 2. The fourth-order valence-electron chi connectivity index (χ4n) is 4.02. The standard InChI is InChI=1S/C26H14F4/c27-21-14-22(28)26(30)24(25(21)29)20-13-12-16-7-2-4-10-18(16)23(20)19-11-5-8-15-6-1-3-9-17(15)19/h1-14H. The van der Waals surface area contributed by atoms with Crippen LogP contribution in [0, 0.1) is 23.3 Å². The largest absolute Gasteiger partial charge is 0.204 e. The monoisotopic (exact) mass is 402 g/mol. The second-order valence-corrected chi connectivity index (χ2v) is 7.08. The molecule has 0 saturated heterocycles. The van der Waals surface area contributed by atoms with E-state index < -0.39 is 28.8 Å². The van der Waals surface area contributed by atoms with Gasteiger partial charge < -0.3 is 0 Å². The van der Waals surface area contributed by atoms with Gasteiger partial charge in [-0.05, 0) is 38.2 Å². The Morgan fingerprint density at radius 3 is 1.70 bits per heavy atom. The summed E-state index contributed by atoms with van der Waals surface area (Å²) < 4.78 is 57.6. The lowest BCUT2D eigenvalue weighted by Gasteiger charge is -2.17. The lowest BCUT2D eigenvalue weighted by Crippen LogP contribution is -2.00. The maximum Gasteiger partial charge on any atom is 0.169 e. The molecule has 0 nitrogen and oxygen atoms in total. The summed E-state index contributed by atoms with van der Waals surface area (Å²) in [6, 6.07) is 24.1. The Morgan fingerprint density at radius 1 is 0.433 bits per heavy atom. The van der Waals surface area contributed by atoms with Crippen LogP contribution in [0.15, 0.2) is 84.9 Å². The molecule has 0 N–H and O–H groups in total. The lowest BCUT2D eigenvalue weighted by atomic mass is 9.87. The summed E-state index contributed by atoms with van der Waals surface area (Å²) in [6.45, 7) is 0. The molecule has 4 heteroatoms. The van der Waals surface area contributed by atoms with Gasteiger partial charge in [0, 0.05) is 6.07 Å². The van der Waals surface area contributed by atoms with Crippen LogP contribution in [0.4, 0.5) is 17.6 Å². The molecule has 0 saturated carbocycles. The van der Waals surface area contributed by atoms with Crippen LogP contribution in [0.2, 0.25) is 0 Å². The Kier molecular flexibility index (Phi) is 4.28. The second kappa shape index (κ2) is 6.99. The van der Waals surface area contributed by atoms with Gasteiger partial charge in [0.2, 0.25) is 0 Å². The SMILES string of the molecule is Fc1cc(F)c(F)c(-c2ccc3ccccc3c2-c2cccc3ccccc23)c1F. The highest BCUT2D eigenvalue weighted by Crippen LogP contribution is 2.43. The zero-order chi connectivity index (χ0) is 20.8. The molecule has 0 amide bonds. The highest BCUT2D eigenvalue weighted by molar-refractivity contribution is 6.10.